The summed E-state index contributed by atoms with van der Waals surface area (Å²) in [4.78, 5) is 11.1. The van der Waals surface area contributed by atoms with Gasteiger partial charge in [-0.3, -0.25) is 0 Å². The quantitative estimate of drug-likeness (QED) is 0.774. The van der Waals surface area contributed by atoms with Gasteiger partial charge in [0.15, 0.2) is 5.54 Å². The molecule has 0 radical (unpaired) electrons. The van der Waals surface area contributed by atoms with Crippen molar-refractivity contribution < 1.29 is 15.0 Å². The van der Waals surface area contributed by atoms with Gasteiger partial charge < -0.3 is 15.5 Å². The molecule has 6 heteroatoms. The zero-order valence-electron chi connectivity index (χ0n) is 9.99. The Kier molecular flexibility index (Phi) is 4.17. The molecular formula is C12H13ClN2O3. The molecule has 18 heavy (non-hydrogen) atoms. The number of aliphatic carboxylic acids is 1. The fourth-order valence-electron chi connectivity index (χ4n) is 1.36. The number of aliphatic hydroxyl groups is 1. The minimum atomic E-state index is -1.50. The number of carbonyl (C=O) groups is 1. The molecule has 1 rings (SSSR count). The van der Waals surface area contributed by atoms with E-state index < -0.39 is 18.1 Å². The van der Waals surface area contributed by atoms with Crippen LogP contribution in [0.3, 0.4) is 0 Å². The number of rotatable bonds is 4. The van der Waals surface area contributed by atoms with Crippen molar-refractivity contribution in [3.05, 3.63) is 28.3 Å². The summed E-state index contributed by atoms with van der Waals surface area (Å²) in [6.07, 6.45) is 0. The van der Waals surface area contributed by atoms with Crippen molar-refractivity contribution in [1.82, 2.24) is 0 Å². The van der Waals surface area contributed by atoms with Crippen molar-refractivity contribution >= 4 is 23.3 Å². The van der Waals surface area contributed by atoms with Gasteiger partial charge in [0.25, 0.3) is 0 Å². The van der Waals surface area contributed by atoms with Crippen LogP contribution in [0.5, 0.6) is 0 Å². The average molecular weight is 269 g/mol. The number of carboxylic acids is 1. The maximum atomic E-state index is 11.1. The highest BCUT2D eigenvalue weighted by atomic mass is 35.5. The first-order valence-electron chi connectivity index (χ1n) is 5.17. The lowest BCUT2D eigenvalue weighted by Gasteiger charge is -2.26. The van der Waals surface area contributed by atoms with Crippen LogP contribution in [0.15, 0.2) is 12.1 Å². The summed E-state index contributed by atoms with van der Waals surface area (Å²) in [7, 11) is 0. The molecule has 0 amide bonds. The summed E-state index contributed by atoms with van der Waals surface area (Å²) in [6, 6.07) is 5.00. The zero-order chi connectivity index (χ0) is 13.9. The Labute approximate surface area is 110 Å². The van der Waals surface area contributed by atoms with Crippen molar-refractivity contribution in [2.24, 2.45) is 0 Å². The highest BCUT2D eigenvalue weighted by Crippen LogP contribution is 2.28. The van der Waals surface area contributed by atoms with Crippen LogP contribution in [0.1, 0.15) is 18.1 Å². The van der Waals surface area contributed by atoms with Gasteiger partial charge in [-0.1, -0.05) is 11.6 Å². The Morgan fingerprint density at radius 2 is 2.22 bits per heavy atom. The van der Waals surface area contributed by atoms with Gasteiger partial charge in [0.1, 0.15) is 6.07 Å². The first-order valence-corrected chi connectivity index (χ1v) is 5.55. The number of nitrogens with zero attached hydrogens (tertiary/aromatic N) is 1. The molecule has 1 atom stereocenters. The molecule has 0 spiro atoms. The molecule has 1 aromatic carbocycles. The number of nitrogens with one attached hydrogen (secondary N) is 1. The van der Waals surface area contributed by atoms with E-state index in [9.17, 15) is 4.79 Å². The van der Waals surface area contributed by atoms with Crippen LogP contribution in [0.4, 0.5) is 5.69 Å². The molecule has 0 fully saturated rings. The summed E-state index contributed by atoms with van der Waals surface area (Å²) >= 11 is 5.98. The van der Waals surface area contributed by atoms with Gasteiger partial charge in [0.2, 0.25) is 0 Å². The summed E-state index contributed by atoms with van der Waals surface area (Å²) in [5, 5.41) is 30.0. The molecule has 0 heterocycles. The molecule has 0 bridgehead atoms. The summed E-state index contributed by atoms with van der Waals surface area (Å²) in [5.41, 5.74) is -0.141. The van der Waals surface area contributed by atoms with E-state index in [4.69, 9.17) is 27.1 Å². The van der Waals surface area contributed by atoms with Crippen molar-refractivity contribution in [3.8, 4) is 6.07 Å². The van der Waals surface area contributed by atoms with E-state index in [1.807, 2.05) is 6.07 Å². The Balaban J connectivity index is 3.18. The Bertz CT molecular complexity index is 525. The van der Waals surface area contributed by atoms with Gasteiger partial charge in [0, 0.05) is 5.69 Å². The number of aliphatic hydroxyl groups excluding tert-OH is 1. The second-order valence-corrected chi connectivity index (χ2v) is 4.51. The largest absolute Gasteiger partial charge is 0.479 e. The number of halogens is 1. The number of nitriles is 1. The van der Waals surface area contributed by atoms with Crippen LogP contribution < -0.4 is 5.32 Å². The summed E-state index contributed by atoms with van der Waals surface area (Å²) in [5.74, 6) is -1.18. The molecule has 96 valence electrons. The van der Waals surface area contributed by atoms with Crippen LogP contribution in [-0.2, 0) is 4.79 Å². The molecule has 0 saturated carbocycles. The van der Waals surface area contributed by atoms with Gasteiger partial charge in [-0.15, -0.1) is 0 Å². The zero-order valence-corrected chi connectivity index (χ0v) is 10.7. The molecule has 0 aliphatic heterocycles. The minimum Gasteiger partial charge on any atom is -0.479 e. The third kappa shape index (κ3) is 2.55. The third-order valence-electron chi connectivity index (χ3n) is 2.71. The van der Waals surface area contributed by atoms with E-state index >= 15 is 0 Å². The fourth-order valence-corrected chi connectivity index (χ4v) is 1.57. The lowest BCUT2D eigenvalue weighted by atomic mass is 10.0. The van der Waals surface area contributed by atoms with Gasteiger partial charge in [-0.25, -0.2) is 4.79 Å². The predicted octanol–water partition coefficient (Wildman–Crippen LogP) is 1.77. The van der Waals surface area contributed by atoms with Gasteiger partial charge in [0.05, 0.1) is 17.2 Å². The standard InChI is InChI=1S/C12H13ClN2O3/c1-7-9(4-3-8(5-14)10(7)13)15-12(2,6-16)11(17)18/h3-4,15-16H,6H2,1-2H3,(H,17,18)/t12-/m1/s1. The summed E-state index contributed by atoms with van der Waals surface area (Å²) in [6.45, 7) is 2.46. The number of benzene rings is 1. The van der Waals surface area contributed by atoms with E-state index in [2.05, 4.69) is 5.32 Å². The third-order valence-corrected chi connectivity index (χ3v) is 3.19. The molecule has 0 aromatic heterocycles. The first kappa shape index (κ1) is 14.3. The van der Waals surface area contributed by atoms with Gasteiger partial charge in [-0.2, -0.15) is 5.26 Å². The molecule has 3 N–H and O–H groups in total. The second-order valence-electron chi connectivity index (χ2n) is 4.13. The van der Waals surface area contributed by atoms with Crippen LogP contribution in [-0.4, -0.2) is 28.3 Å². The predicted molar refractivity (Wildman–Crippen MR) is 67.7 cm³/mol. The van der Waals surface area contributed by atoms with Crippen LogP contribution in [0, 0.1) is 18.3 Å². The highest BCUT2D eigenvalue weighted by molar-refractivity contribution is 6.32. The Hall–Kier alpha value is -1.77. The van der Waals surface area contributed by atoms with E-state index in [0.29, 0.717) is 16.8 Å². The van der Waals surface area contributed by atoms with Crippen LogP contribution in [0.2, 0.25) is 5.02 Å². The molecule has 5 nitrogen and oxygen atoms in total. The molecule has 0 saturated heterocycles. The van der Waals surface area contributed by atoms with E-state index in [1.165, 1.54) is 13.0 Å². The van der Waals surface area contributed by atoms with Crippen LogP contribution >= 0.6 is 11.6 Å². The SMILES string of the molecule is Cc1c(N[C@](C)(CO)C(=O)O)ccc(C#N)c1Cl. The fraction of sp³-hybridized carbons (Fsp3) is 0.333. The number of anilines is 1. The lowest BCUT2D eigenvalue weighted by molar-refractivity contribution is -0.143. The maximum absolute atomic E-state index is 11.1. The van der Waals surface area contributed by atoms with Crippen LogP contribution in [0.25, 0.3) is 0 Å². The number of hydrogen-bond acceptors (Lipinski definition) is 4. The van der Waals surface area contributed by atoms with Crippen molar-refractivity contribution in [2.75, 3.05) is 11.9 Å². The topological polar surface area (TPSA) is 93.3 Å². The van der Waals surface area contributed by atoms with Crippen molar-refractivity contribution in [3.63, 3.8) is 0 Å². The van der Waals surface area contributed by atoms with E-state index in [1.54, 1.807) is 13.0 Å². The van der Waals surface area contributed by atoms with Crippen molar-refractivity contribution in [1.29, 1.82) is 5.26 Å². The summed E-state index contributed by atoms with van der Waals surface area (Å²) < 4.78 is 0. The molecule has 0 unspecified atom stereocenters. The van der Waals surface area contributed by atoms with E-state index in [0.717, 1.165) is 0 Å². The molecule has 0 aliphatic rings. The highest BCUT2D eigenvalue weighted by Gasteiger charge is 2.32. The second kappa shape index (κ2) is 5.25. The molecule has 0 aliphatic carbocycles. The lowest BCUT2D eigenvalue weighted by Crippen LogP contribution is -2.47. The minimum absolute atomic E-state index is 0.271. The Morgan fingerprint density at radius 1 is 1.61 bits per heavy atom. The first-order chi connectivity index (χ1) is 8.35. The smallest absolute Gasteiger partial charge is 0.331 e. The average Bonchev–Trinajstić information content (AvgIpc) is 2.35. The van der Waals surface area contributed by atoms with Gasteiger partial charge in [-0.05, 0) is 31.5 Å². The van der Waals surface area contributed by atoms with Gasteiger partial charge >= 0.3 is 5.97 Å². The van der Waals surface area contributed by atoms with Crippen molar-refractivity contribution in [2.45, 2.75) is 19.4 Å². The Morgan fingerprint density at radius 3 is 2.67 bits per heavy atom. The van der Waals surface area contributed by atoms with E-state index in [-0.39, 0.29) is 5.02 Å². The molecule has 1 aromatic rings. The normalized spacial score (nSPS) is 13.5. The number of hydrogen-bond donors (Lipinski definition) is 3. The molecular weight excluding hydrogens is 256 g/mol. The monoisotopic (exact) mass is 268 g/mol. The number of carboxylic acid groups (broad SMARTS) is 1. The maximum Gasteiger partial charge on any atom is 0.331 e.